The molecule has 4 heteroatoms. The van der Waals surface area contributed by atoms with Gasteiger partial charge in [-0.3, -0.25) is 9.78 Å². The van der Waals surface area contributed by atoms with E-state index in [1.165, 1.54) is 0 Å². The Morgan fingerprint density at radius 3 is 3.00 bits per heavy atom. The van der Waals surface area contributed by atoms with E-state index in [1.54, 1.807) is 12.4 Å². The van der Waals surface area contributed by atoms with E-state index in [9.17, 15) is 4.79 Å². The SMILES string of the molecule is CCC(C)N1C(=O)CC(N)C1c1cccnc1. The fourth-order valence-corrected chi connectivity index (χ4v) is 2.46. The summed E-state index contributed by atoms with van der Waals surface area (Å²) in [6, 6.07) is 3.96. The molecule has 1 aliphatic heterocycles. The number of rotatable bonds is 3. The van der Waals surface area contributed by atoms with Gasteiger partial charge in [0.25, 0.3) is 0 Å². The number of amides is 1. The van der Waals surface area contributed by atoms with Crippen LogP contribution in [0.5, 0.6) is 0 Å². The largest absolute Gasteiger partial charge is 0.331 e. The maximum atomic E-state index is 12.0. The molecule has 0 radical (unpaired) electrons. The van der Waals surface area contributed by atoms with E-state index in [0.717, 1.165) is 12.0 Å². The van der Waals surface area contributed by atoms with Gasteiger partial charge in [-0.15, -0.1) is 0 Å². The third-order valence-electron chi connectivity index (χ3n) is 3.50. The molecule has 1 amide bonds. The molecule has 3 unspecified atom stereocenters. The molecule has 92 valence electrons. The highest BCUT2D eigenvalue weighted by molar-refractivity contribution is 5.80. The maximum Gasteiger partial charge on any atom is 0.225 e. The zero-order chi connectivity index (χ0) is 12.4. The Hall–Kier alpha value is -1.42. The molecule has 0 aliphatic carbocycles. The second-order valence-corrected chi connectivity index (χ2v) is 4.66. The molecule has 17 heavy (non-hydrogen) atoms. The number of pyridine rings is 1. The Morgan fingerprint density at radius 1 is 1.65 bits per heavy atom. The van der Waals surface area contributed by atoms with Crippen LogP contribution in [0.1, 0.15) is 38.3 Å². The highest BCUT2D eigenvalue weighted by Gasteiger charge is 2.40. The molecular formula is C13H19N3O. The highest BCUT2D eigenvalue weighted by atomic mass is 16.2. The molecule has 1 aromatic rings. The molecule has 1 aromatic heterocycles. The number of carbonyl (C=O) groups is 1. The third kappa shape index (κ3) is 2.17. The van der Waals surface area contributed by atoms with Gasteiger partial charge >= 0.3 is 0 Å². The van der Waals surface area contributed by atoms with Crippen LogP contribution in [0.15, 0.2) is 24.5 Å². The lowest BCUT2D eigenvalue weighted by Crippen LogP contribution is -2.38. The van der Waals surface area contributed by atoms with Gasteiger partial charge in [-0.05, 0) is 25.0 Å². The van der Waals surface area contributed by atoms with Crippen molar-refractivity contribution in [2.45, 2.75) is 44.8 Å². The quantitative estimate of drug-likeness (QED) is 0.860. The first kappa shape index (κ1) is 12.0. The van der Waals surface area contributed by atoms with E-state index in [0.29, 0.717) is 6.42 Å². The van der Waals surface area contributed by atoms with E-state index in [2.05, 4.69) is 18.8 Å². The number of hydrogen-bond acceptors (Lipinski definition) is 3. The van der Waals surface area contributed by atoms with Gasteiger partial charge in [-0.25, -0.2) is 0 Å². The number of aromatic nitrogens is 1. The van der Waals surface area contributed by atoms with Crippen LogP contribution >= 0.6 is 0 Å². The van der Waals surface area contributed by atoms with Crippen LogP contribution < -0.4 is 5.73 Å². The van der Waals surface area contributed by atoms with Gasteiger partial charge in [-0.1, -0.05) is 13.0 Å². The fourth-order valence-electron chi connectivity index (χ4n) is 2.46. The van der Waals surface area contributed by atoms with Crippen LogP contribution in [-0.2, 0) is 4.79 Å². The zero-order valence-corrected chi connectivity index (χ0v) is 10.3. The second-order valence-electron chi connectivity index (χ2n) is 4.66. The summed E-state index contributed by atoms with van der Waals surface area (Å²) < 4.78 is 0. The molecule has 0 spiro atoms. The molecule has 0 bridgehead atoms. The lowest BCUT2D eigenvalue weighted by atomic mass is 10.0. The fraction of sp³-hybridized carbons (Fsp3) is 0.538. The van der Waals surface area contributed by atoms with Crippen molar-refractivity contribution in [3.63, 3.8) is 0 Å². The van der Waals surface area contributed by atoms with E-state index >= 15 is 0 Å². The molecule has 2 rings (SSSR count). The minimum absolute atomic E-state index is 0.0221. The lowest BCUT2D eigenvalue weighted by molar-refractivity contribution is -0.131. The van der Waals surface area contributed by atoms with Gasteiger partial charge < -0.3 is 10.6 Å². The normalized spacial score (nSPS) is 26.3. The number of nitrogens with two attached hydrogens (primary N) is 1. The van der Waals surface area contributed by atoms with Crippen molar-refractivity contribution in [1.29, 1.82) is 0 Å². The van der Waals surface area contributed by atoms with Crippen molar-refractivity contribution in [2.75, 3.05) is 0 Å². The Morgan fingerprint density at radius 2 is 2.41 bits per heavy atom. The molecule has 1 fully saturated rings. The maximum absolute atomic E-state index is 12.0. The molecule has 0 aromatic carbocycles. The van der Waals surface area contributed by atoms with Crippen LogP contribution in [0.2, 0.25) is 0 Å². The van der Waals surface area contributed by atoms with Crippen LogP contribution in [0.25, 0.3) is 0 Å². The topological polar surface area (TPSA) is 59.2 Å². The first-order chi connectivity index (χ1) is 8.15. The van der Waals surface area contributed by atoms with Gasteiger partial charge in [0.1, 0.15) is 0 Å². The standard InChI is InChI=1S/C13H19N3O/c1-3-9(2)16-12(17)7-11(14)13(16)10-5-4-6-15-8-10/h4-6,8-9,11,13H,3,7,14H2,1-2H3. The van der Waals surface area contributed by atoms with Gasteiger partial charge in [-0.2, -0.15) is 0 Å². The lowest BCUT2D eigenvalue weighted by Gasteiger charge is -2.32. The molecular weight excluding hydrogens is 214 g/mol. The molecule has 2 N–H and O–H groups in total. The first-order valence-electron chi connectivity index (χ1n) is 6.11. The van der Waals surface area contributed by atoms with Crippen LogP contribution in [0.3, 0.4) is 0 Å². The number of likely N-dealkylation sites (tertiary alicyclic amines) is 1. The number of carbonyl (C=O) groups excluding carboxylic acids is 1. The summed E-state index contributed by atoms with van der Waals surface area (Å²) >= 11 is 0. The van der Waals surface area contributed by atoms with Crippen molar-refractivity contribution in [1.82, 2.24) is 9.88 Å². The predicted octanol–water partition coefficient (Wildman–Crippen LogP) is 1.48. The Labute approximate surface area is 102 Å². The number of hydrogen-bond donors (Lipinski definition) is 1. The molecule has 0 saturated carbocycles. The van der Waals surface area contributed by atoms with E-state index in [4.69, 9.17) is 5.73 Å². The van der Waals surface area contributed by atoms with Crippen LogP contribution in [0.4, 0.5) is 0 Å². The average Bonchev–Trinajstić information content (AvgIpc) is 2.64. The number of nitrogens with zero attached hydrogens (tertiary/aromatic N) is 2. The van der Waals surface area contributed by atoms with Gasteiger partial charge in [0.05, 0.1) is 6.04 Å². The zero-order valence-electron chi connectivity index (χ0n) is 10.3. The molecule has 3 atom stereocenters. The molecule has 1 aliphatic rings. The predicted molar refractivity (Wildman–Crippen MR) is 66.2 cm³/mol. The smallest absolute Gasteiger partial charge is 0.225 e. The van der Waals surface area contributed by atoms with Crippen molar-refractivity contribution in [3.8, 4) is 0 Å². The van der Waals surface area contributed by atoms with E-state index in [-0.39, 0.29) is 24.0 Å². The average molecular weight is 233 g/mol. The summed E-state index contributed by atoms with van der Waals surface area (Å²) in [5, 5.41) is 0. The summed E-state index contributed by atoms with van der Waals surface area (Å²) in [7, 11) is 0. The minimum atomic E-state index is -0.124. The first-order valence-corrected chi connectivity index (χ1v) is 6.11. The highest BCUT2D eigenvalue weighted by Crippen LogP contribution is 2.33. The van der Waals surface area contributed by atoms with Crippen molar-refractivity contribution in [2.24, 2.45) is 5.73 Å². The van der Waals surface area contributed by atoms with Crippen molar-refractivity contribution in [3.05, 3.63) is 30.1 Å². The van der Waals surface area contributed by atoms with Crippen LogP contribution in [-0.4, -0.2) is 27.9 Å². The Kier molecular flexibility index (Phi) is 3.43. The molecule has 4 nitrogen and oxygen atoms in total. The van der Waals surface area contributed by atoms with E-state index in [1.807, 2.05) is 17.0 Å². The molecule has 2 heterocycles. The Bertz CT molecular complexity index is 393. The van der Waals surface area contributed by atoms with Crippen LogP contribution in [0, 0.1) is 0 Å². The summed E-state index contributed by atoms with van der Waals surface area (Å²) in [5.74, 6) is 0.153. The monoisotopic (exact) mass is 233 g/mol. The van der Waals surface area contributed by atoms with Crippen molar-refractivity contribution < 1.29 is 4.79 Å². The van der Waals surface area contributed by atoms with Gasteiger partial charge in [0.2, 0.25) is 5.91 Å². The third-order valence-corrected chi connectivity index (χ3v) is 3.50. The Balaban J connectivity index is 2.33. The minimum Gasteiger partial charge on any atom is -0.331 e. The van der Waals surface area contributed by atoms with Crippen molar-refractivity contribution >= 4 is 5.91 Å². The van der Waals surface area contributed by atoms with Gasteiger partial charge in [0.15, 0.2) is 0 Å². The summed E-state index contributed by atoms with van der Waals surface area (Å²) in [6.45, 7) is 4.15. The summed E-state index contributed by atoms with van der Waals surface area (Å²) in [5.41, 5.74) is 7.13. The molecule has 1 saturated heterocycles. The summed E-state index contributed by atoms with van der Waals surface area (Å²) in [6.07, 6.45) is 4.91. The van der Waals surface area contributed by atoms with Gasteiger partial charge in [0, 0.05) is 30.9 Å². The van der Waals surface area contributed by atoms with E-state index < -0.39 is 0 Å². The second kappa shape index (κ2) is 4.84. The summed E-state index contributed by atoms with van der Waals surface area (Å²) in [4.78, 5) is 18.0.